The standard InChI is InChI=1S/C19H28N4O6/c1-3-20-10-5-6-15(20)12-21(11-9-19(26)29-4-2)18(25)14-22-13-16(23(27)28)7-8-17(22)24/h7-8,13,15H,3-6,9-12,14H2,1-2H3. The molecule has 0 saturated carbocycles. The van der Waals surface area contributed by atoms with Crippen molar-refractivity contribution in [3.63, 3.8) is 0 Å². The summed E-state index contributed by atoms with van der Waals surface area (Å²) in [6.07, 6.45) is 3.12. The van der Waals surface area contributed by atoms with Gasteiger partial charge in [-0.15, -0.1) is 0 Å². The summed E-state index contributed by atoms with van der Waals surface area (Å²) in [6, 6.07) is 2.37. The van der Waals surface area contributed by atoms with Crippen molar-refractivity contribution in [2.24, 2.45) is 0 Å². The summed E-state index contributed by atoms with van der Waals surface area (Å²) in [7, 11) is 0. The first kappa shape index (κ1) is 22.5. The summed E-state index contributed by atoms with van der Waals surface area (Å²) in [5, 5.41) is 11.0. The Morgan fingerprint density at radius 2 is 2.10 bits per heavy atom. The summed E-state index contributed by atoms with van der Waals surface area (Å²) in [4.78, 5) is 50.9. The van der Waals surface area contributed by atoms with Crippen molar-refractivity contribution in [2.45, 2.75) is 45.7 Å². The first-order valence-corrected chi connectivity index (χ1v) is 9.88. The van der Waals surface area contributed by atoms with Crippen molar-refractivity contribution in [1.29, 1.82) is 0 Å². The summed E-state index contributed by atoms with van der Waals surface area (Å²) >= 11 is 0. The lowest BCUT2D eigenvalue weighted by Crippen LogP contribution is -2.45. The third kappa shape index (κ3) is 6.38. The minimum Gasteiger partial charge on any atom is -0.466 e. The molecular weight excluding hydrogens is 380 g/mol. The largest absolute Gasteiger partial charge is 0.466 e. The fraction of sp³-hybridized carbons (Fsp3) is 0.632. The maximum Gasteiger partial charge on any atom is 0.307 e. The number of ether oxygens (including phenoxy) is 1. The van der Waals surface area contributed by atoms with E-state index in [0.717, 1.165) is 48.8 Å². The fourth-order valence-corrected chi connectivity index (χ4v) is 3.55. The molecule has 2 heterocycles. The Labute approximate surface area is 169 Å². The van der Waals surface area contributed by atoms with Crippen LogP contribution in [0.15, 0.2) is 23.1 Å². The molecule has 1 aliphatic heterocycles. The lowest BCUT2D eigenvalue weighted by Gasteiger charge is -2.30. The fourth-order valence-electron chi connectivity index (χ4n) is 3.55. The summed E-state index contributed by atoms with van der Waals surface area (Å²) in [6.45, 7) is 6.18. The zero-order chi connectivity index (χ0) is 21.4. The molecule has 0 N–H and O–H groups in total. The molecule has 2 rings (SSSR count). The Balaban J connectivity index is 2.14. The van der Waals surface area contributed by atoms with Gasteiger partial charge in [-0.2, -0.15) is 0 Å². The molecule has 1 amide bonds. The van der Waals surface area contributed by atoms with Crippen LogP contribution < -0.4 is 5.56 Å². The molecule has 1 fully saturated rings. The van der Waals surface area contributed by atoms with Gasteiger partial charge in [0.05, 0.1) is 24.1 Å². The zero-order valence-corrected chi connectivity index (χ0v) is 16.9. The number of aromatic nitrogens is 1. The first-order valence-electron chi connectivity index (χ1n) is 9.88. The van der Waals surface area contributed by atoms with Gasteiger partial charge in [0.2, 0.25) is 5.91 Å². The number of likely N-dealkylation sites (tertiary alicyclic amines) is 1. The number of rotatable bonds is 10. The van der Waals surface area contributed by atoms with E-state index in [-0.39, 0.29) is 43.8 Å². The van der Waals surface area contributed by atoms with E-state index in [1.165, 1.54) is 0 Å². The maximum absolute atomic E-state index is 12.9. The quantitative estimate of drug-likeness (QED) is 0.322. The van der Waals surface area contributed by atoms with E-state index >= 15 is 0 Å². The molecule has 10 heteroatoms. The number of nitrogens with zero attached hydrogens (tertiary/aromatic N) is 4. The average molecular weight is 408 g/mol. The monoisotopic (exact) mass is 408 g/mol. The van der Waals surface area contributed by atoms with E-state index in [1.54, 1.807) is 11.8 Å². The van der Waals surface area contributed by atoms with Crippen molar-refractivity contribution in [1.82, 2.24) is 14.4 Å². The van der Waals surface area contributed by atoms with Crippen LogP contribution in [0, 0.1) is 10.1 Å². The van der Waals surface area contributed by atoms with Gasteiger partial charge in [0, 0.05) is 31.3 Å². The molecule has 29 heavy (non-hydrogen) atoms. The molecule has 0 radical (unpaired) electrons. The molecular formula is C19H28N4O6. The molecule has 0 bridgehead atoms. The van der Waals surface area contributed by atoms with Gasteiger partial charge in [-0.05, 0) is 32.9 Å². The molecule has 0 spiro atoms. The molecule has 1 aromatic rings. The number of pyridine rings is 1. The van der Waals surface area contributed by atoms with Crippen molar-refractivity contribution >= 4 is 17.6 Å². The van der Waals surface area contributed by atoms with Gasteiger partial charge in [-0.25, -0.2) is 0 Å². The second kappa shape index (κ2) is 10.7. The Kier molecular flexibility index (Phi) is 8.32. The molecule has 1 atom stereocenters. The second-order valence-corrected chi connectivity index (χ2v) is 6.93. The van der Waals surface area contributed by atoms with Crippen molar-refractivity contribution in [2.75, 3.05) is 32.8 Å². The van der Waals surface area contributed by atoms with Gasteiger partial charge in [0.15, 0.2) is 0 Å². The number of carbonyl (C=O) groups is 2. The minimum absolute atomic E-state index is 0.0578. The first-order chi connectivity index (χ1) is 13.8. The van der Waals surface area contributed by atoms with Crippen molar-refractivity contribution in [3.05, 3.63) is 38.8 Å². The molecule has 1 aromatic heterocycles. The molecule has 10 nitrogen and oxygen atoms in total. The Morgan fingerprint density at radius 3 is 2.76 bits per heavy atom. The number of hydrogen-bond donors (Lipinski definition) is 0. The van der Waals surface area contributed by atoms with Crippen LogP contribution in [0.25, 0.3) is 0 Å². The van der Waals surface area contributed by atoms with Gasteiger partial charge in [0.25, 0.3) is 11.2 Å². The highest BCUT2D eigenvalue weighted by Gasteiger charge is 2.27. The maximum atomic E-state index is 12.9. The summed E-state index contributed by atoms with van der Waals surface area (Å²) < 4.78 is 5.98. The zero-order valence-electron chi connectivity index (χ0n) is 16.9. The van der Waals surface area contributed by atoms with E-state index < -0.39 is 16.5 Å². The highest BCUT2D eigenvalue weighted by Crippen LogP contribution is 2.18. The van der Waals surface area contributed by atoms with Gasteiger partial charge in [-0.3, -0.25) is 34.0 Å². The molecule has 1 unspecified atom stereocenters. The smallest absolute Gasteiger partial charge is 0.307 e. The average Bonchev–Trinajstić information content (AvgIpc) is 3.13. The second-order valence-electron chi connectivity index (χ2n) is 6.93. The van der Waals surface area contributed by atoms with E-state index in [9.17, 15) is 24.5 Å². The van der Waals surface area contributed by atoms with Crippen LogP contribution in [-0.4, -0.2) is 70.0 Å². The van der Waals surface area contributed by atoms with Crippen LogP contribution in [0.5, 0.6) is 0 Å². The number of hydrogen-bond acceptors (Lipinski definition) is 7. The predicted molar refractivity (Wildman–Crippen MR) is 105 cm³/mol. The van der Waals surface area contributed by atoms with Crippen LogP contribution in [0.3, 0.4) is 0 Å². The highest BCUT2D eigenvalue weighted by atomic mass is 16.6. The molecule has 160 valence electrons. The van der Waals surface area contributed by atoms with Crippen LogP contribution >= 0.6 is 0 Å². The summed E-state index contributed by atoms with van der Waals surface area (Å²) in [5.74, 6) is -0.753. The number of amides is 1. The Morgan fingerprint density at radius 1 is 1.34 bits per heavy atom. The van der Waals surface area contributed by atoms with E-state index in [0.29, 0.717) is 6.54 Å². The Bertz CT molecular complexity index is 793. The minimum atomic E-state index is -0.614. The SMILES string of the molecule is CCOC(=O)CCN(CC1CCCN1CC)C(=O)Cn1cc([N+](=O)[O-])ccc1=O. The molecule has 1 aliphatic rings. The lowest BCUT2D eigenvalue weighted by molar-refractivity contribution is -0.385. The highest BCUT2D eigenvalue weighted by molar-refractivity contribution is 5.77. The third-order valence-corrected chi connectivity index (χ3v) is 5.06. The topological polar surface area (TPSA) is 115 Å². The van der Waals surface area contributed by atoms with Crippen LogP contribution in [0.4, 0.5) is 5.69 Å². The Hall–Kier alpha value is -2.75. The lowest BCUT2D eigenvalue weighted by atomic mass is 10.2. The number of carbonyl (C=O) groups excluding carboxylic acids is 2. The third-order valence-electron chi connectivity index (χ3n) is 5.06. The van der Waals surface area contributed by atoms with Crippen LogP contribution in [0.2, 0.25) is 0 Å². The van der Waals surface area contributed by atoms with Gasteiger partial charge in [0.1, 0.15) is 6.54 Å². The normalized spacial score (nSPS) is 16.6. The van der Waals surface area contributed by atoms with E-state index in [4.69, 9.17) is 4.74 Å². The molecule has 1 saturated heterocycles. The number of likely N-dealkylation sites (N-methyl/N-ethyl adjacent to an activating group) is 1. The molecule has 0 aromatic carbocycles. The van der Waals surface area contributed by atoms with Gasteiger partial charge >= 0.3 is 5.97 Å². The van der Waals surface area contributed by atoms with Gasteiger partial charge < -0.3 is 9.64 Å². The van der Waals surface area contributed by atoms with Crippen molar-refractivity contribution < 1.29 is 19.2 Å². The van der Waals surface area contributed by atoms with Crippen molar-refractivity contribution in [3.8, 4) is 0 Å². The van der Waals surface area contributed by atoms with Gasteiger partial charge in [-0.1, -0.05) is 6.92 Å². The van der Waals surface area contributed by atoms with E-state index in [2.05, 4.69) is 11.8 Å². The predicted octanol–water partition coefficient (Wildman–Crippen LogP) is 1.02. The number of esters is 1. The van der Waals surface area contributed by atoms with Crippen LogP contribution in [-0.2, 0) is 20.9 Å². The van der Waals surface area contributed by atoms with E-state index in [1.807, 2.05) is 0 Å². The summed E-state index contributed by atoms with van der Waals surface area (Å²) in [5.41, 5.74) is -0.756. The van der Waals surface area contributed by atoms with Crippen LogP contribution in [0.1, 0.15) is 33.1 Å². The number of nitro groups is 1. The molecule has 0 aliphatic carbocycles.